The molecule has 1 unspecified atom stereocenters. The second kappa shape index (κ2) is 9.78. The Balaban J connectivity index is 1.95. The maximum absolute atomic E-state index is 13.7. The fraction of sp³-hybridized carbons (Fsp3) is 0.241. The molecule has 1 saturated heterocycles. The summed E-state index contributed by atoms with van der Waals surface area (Å²) in [5, 5.41) is 11.8. The number of carbonyl (C=O) groups is 2. The molecule has 0 radical (unpaired) electrons. The number of hydrogen-bond donors (Lipinski definition) is 1. The summed E-state index contributed by atoms with van der Waals surface area (Å²) in [6.45, 7) is 8.42. The first kappa shape index (κ1) is 25.5. The number of ether oxygens (including phenoxy) is 1. The number of hydrogen-bond acceptors (Lipinski definition) is 4. The van der Waals surface area contributed by atoms with Crippen LogP contribution >= 0.6 is 11.6 Å². The predicted molar refractivity (Wildman–Crippen MR) is 139 cm³/mol. The van der Waals surface area contributed by atoms with Crippen molar-refractivity contribution in [3.63, 3.8) is 0 Å². The molecule has 7 heteroatoms. The summed E-state index contributed by atoms with van der Waals surface area (Å²) < 4.78 is 19.5. The van der Waals surface area contributed by atoms with Crippen molar-refractivity contribution in [1.29, 1.82) is 0 Å². The normalized spacial score (nSPS) is 17.5. The number of nitrogens with zero attached hydrogens (tertiary/aromatic N) is 1. The molecule has 1 aliphatic heterocycles. The number of ketones is 1. The summed E-state index contributed by atoms with van der Waals surface area (Å²) in [6.07, 6.45) is 0. The molecule has 3 aromatic carbocycles. The Bertz CT molecular complexity index is 1360. The summed E-state index contributed by atoms with van der Waals surface area (Å²) in [7, 11) is 0. The van der Waals surface area contributed by atoms with Gasteiger partial charge in [0.25, 0.3) is 11.7 Å². The Morgan fingerprint density at radius 1 is 1.06 bits per heavy atom. The van der Waals surface area contributed by atoms with Crippen LogP contribution in [0.3, 0.4) is 0 Å². The van der Waals surface area contributed by atoms with Gasteiger partial charge >= 0.3 is 0 Å². The summed E-state index contributed by atoms with van der Waals surface area (Å²) in [4.78, 5) is 27.9. The van der Waals surface area contributed by atoms with Gasteiger partial charge in [0.1, 0.15) is 17.3 Å². The first-order valence-corrected chi connectivity index (χ1v) is 12.0. The molecule has 0 spiro atoms. The number of benzene rings is 3. The lowest BCUT2D eigenvalue weighted by Crippen LogP contribution is -2.29. The number of Topliss-reactive ketones (excluding diaryl/α,β-unsaturated/α-hetero) is 1. The van der Waals surface area contributed by atoms with Crippen molar-refractivity contribution >= 4 is 34.7 Å². The summed E-state index contributed by atoms with van der Waals surface area (Å²) in [5.41, 5.74) is 1.68. The summed E-state index contributed by atoms with van der Waals surface area (Å²) in [5.74, 6) is -1.75. The molecular weight excluding hydrogens is 481 g/mol. The van der Waals surface area contributed by atoms with E-state index in [1.165, 1.54) is 29.2 Å². The van der Waals surface area contributed by atoms with Crippen molar-refractivity contribution in [2.24, 2.45) is 0 Å². The molecular formula is C29H27ClFNO4. The van der Waals surface area contributed by atoms with Crippen molar-refractivity contribution in [3.8, 4) is 5.75 Å². The highest BCUT2D eigenvalue weighted by molar-refractivity contribution is 6.51. The van der Waals surface area contributed by atoms with Crippen molar-refractivity contribution < 1.29 is 23.8 Å². The molecule has 1 fully saturated rings. The van der Waals surface area contributed by atoms with Gasteiger partial charge in [0, 0.05) is 21.8 Å². The molecule has 186 valence electrons. The molecule has 1 N–H and O–H groups in total. The molecule has 0 aliphatic carbocycles. The first-order chi connectivity index (χ1) is 17.0. The zero-order chi connectivity index (χ0) is 26.2. The van der Waals surface area contributed by atoms with Crippen LogP contribution in [0.25, 0.3) is 5.76 Å². The summed E-state index contributed by atoms with van der Waals surface area (Å²) in [6, 6.07) is 16.2. The highest BCUT2D eigenvalue weighted by Gasteiger charge is 2.47. The van der Waals surface area contributed by atoms with E-state index >= 15 is 0 Å². The standard InChI is InChI=1S/C29H27ClFNO4/c1-5-36-23-14-11-18(15-22(23)29(2,3)4)26(33)24-25(17-9-12-20(31)13-10-17)32(28(35)27(24)34)21-8-6-7-19(30)16-21/h6-16,25,33H,5H2,1-4H3/b26-24-. The number of rotatable bonds is 5. The molecule has 4 rings (SSSR count). The average molecular weight is 508 g/mol. The topological polar surface area (TPSA) is 66.8 Å². The van der Waals surface area contributed by atoms with Crippen LogP contribution in [-0.2, 0) is 15.0 Å². The van der Waals surface area contributed by atoms with E-state index in [-0.39, 0.29) is 16.7 Å². The third-order valence-corrected chi connectivity index (χ3v) is 6.31. The molecule has 1 heterocycles. The quantitative estimate of drug-likeness (QED) is 0.234. The van der Waals surface area contributed by atoms with Crippen molar-refractivity contribution in [3.05, 3.63) is 99.8 Å². The maximum Gasteiger partial charge on any atom is 0.300 e. The Labute approximate surface area is 214 Å². The van der Waals surface area contributed by atoms with Crippen LogP contribution in [-0.4, -0.2) is 23.4 Å². The third-order valence-electron chi connectivity index (χ3n) is 6.08. The van der Waals surface area contributed by atoms with Gasteiger partial charge < -0.3 is 9.84 Å². The van der Waals surface area contributed by atoms with Gasteiger partial charge in [-0.15, -0.1) is 0 Å². The maximum atomic E-state index is 13.7. The Morgan fingerprint density at radius 2 is 1.75 bits per heavy atom. The summed E-state index contributed by atoms with van der Waals surface area (Å²) >= 11 is 6.17. The number of halogens is 2. The number of amides is 1. The van der Waals surface area contributed by atoms with Gasteiger partial charge in [0.2, 0.25) is 0 Å². The van der Waals surface area contributed by atoms with E-state index in [4.69, 9.17) is 16.3 Å². The molecule has 0 saturated carbocycles. The van der Waals surface area contributed by atoms with E-state index in [1.807, 2.05) is 27.7 Å². The van der Waals surface area contributed by atoms with E-state index in [1.54, 1.807) is 42.5 Å². The fourth-order valence-electron chi connectivity index (χ4n) is 4.39. The van der Waals surface area contributed by atoms with Gasteiger partial charge in [-0.3, -0.25) is 14.5 Å². The number of carbonyl (C=O) groups excluding carboxylic acids is 2. The van der Waals surface area contributed by atoms with Crippen LogP contribution < -0.4 is 9.64 Å². The van der Waals surface area contributed by atoms with Crippen molar-refractivity contribution in [2.75, 3.05) is 11.5 Å². The SMILES string of the molecule is CCOc1ccc(/C(O)=C2/C(=O)C(=O)N(c3cccc(Cl)c3)C2c2ccc(F)cc2)cc1C(C)(C)C. The van der Waals surface area contributed by atoms with E-state index in [2.05, 4.69) is 0 Å². The minimum atomic E-state index is -0.978. The fourth-order valence-corrected chi connectivity index (χ4v) is 4.57. The molecule has 0 bridgehead atoms. The van der Waals surface area contributed by atoms with Crippen LogP contribution in [0, 0.1) is 5.82 Å². The lowest BCUT2D eigenvalue weighted by atomic mass is 9.84. The number of aliphatic hydroxyl groups excluding tert-OH is 1. The van der Waals surface area contributed by atoms with E-state index < -0.39 is 23.5 Å². The zero-order valence-electron chi connectivity index (χ0n) is 20.5. The highest BCUT2D eigenvalue weighted by Crippen LogP contribution is 2.43. The van der Waals surface area contributed by atoms with Crippen LogP contribution in [0.5, 0.6) is 5.75 Å². The minimum Gasteiger partial charge on any atom is -0.507 e. The largest absolute Gasteiger partial charge is 0.507 e. The van der Waals surface area contributed by atoms with Crippen LogP contribution in [0.1, 0.15) is 50.4 Å². The van der Waals surface area contributed by atoms with Gasteiger partial charge in [0.15, 0.2) is 0 Å². The smallest absolute Gasteiger partial charge is 0.300 e. The average Bonchev–Trinajstić information content (AvgIpc) is 3.09. The highest BCUT2D eigenvalue weighted by atomic mass is 35.5. The lowest BCUT2D eigenvalue weighted by molar-refractivity contribution is -0.132. The molecule has 1 atom stereocenters. The molecule has 1 aliphatic rings. The predicted octanol–water partition coefficient (Wildman–Crippen LogP) is 6.80. The number of anilines is 1. The van der Waals surface area contributed by atoms with Gasteiger partial charge in [-0.1, -0.05) is 50.6 Å². The Morgan fingerprint density at radius 3 is 2.36 bits per heavy atom. The van der Waals surface area contributed by atoms with E-state index in [0.29, 0.717) is 34.2 Å². The zero-order valence-corrected chi connectivity index (χ0v) is 21.3. The lowest BCUT2D eigenvalue weighted by Gasteiger charge is -2.26. The Hall–Kier alpha value is -3.64. The molecule has 3 aromatic rings. The number of aliphatic hydroxyl groups is 1. The van der Waals surface area contributed by atoms with Gasteiger partial charge in [-0.05, 0) is 66.4 Å². The molecule has 1 amide bonds. The third kappa shape index (κ3) is 4.73. The van der Waals surface area contributed by atoms with Crippen LogP contribution in [0.4, 0.5) is 10.1 Å². The molecule has 5 nitrogen and oxygen atoms in total. The monoisotopic (exact) mass is 507 g/mol. The second-order valence-corrected chi connectivity index (χ2v) is 10.0. The van der Waals surface area contributed by atoms with Crippen LogP contribution in [0.2, 0.25) is 5.02 Å². The molecule has 0 aromatic heterocycles. The van der Waals surface area contributed by atoms with Crippen molar-refractivity contribution in [1.82, 2.24) is 0 Å². The van der Waals surface area contributed by atoms with E-state index in [9.17, 15) is 19.1 Å². The minimum absolute atomic E-state index is 0.0874. The van der Waals surface area contributed by atoms with Gasteiger partial charge in [-0.2, -0.15) is 0 Å². The van der Waals surface area contributed by atoms with Crippen LogP contribution in [0.15, 0.2) is 72.3 Å². The van der Waals surface area contributed by atoms with Gasteiger partial charge in [-0.25, -0.2) is 4.39 Å². The second-order valence-electron chi connectivity index (χ2n) is 9.59. The molecule has 36 heavy (non-hydrogen) atoms. The van der Waals surface area contributed by atoms with Gasteiger partial charge in [0.05, 0.1) is 18.2 Å². The van der Waals surface area contributed by atoms with Crippen molar-refractivity contribution in [2.45, 2.75) is 39.2 Å². The van der Waals surface area contributed by atoms with E-state index in [0.717, 1.165) is 5.56 Å². The Kier molecular flexibility index (Phi) is 6.92. The first-order valence-electron chi connectivity index (χ1n) is 11.6.